The molecule has 0 aliphatic heterocycles. The fourth-order valence-corrected chi connectivity index (χ4v) is 2.75. The fourth-order valence-electron chi connectivity index (χ4n) is 2.37. The van der Waals surface area contributed by atoms with E-state index in [2.05, 4.69) is 84.5 Å². The normalized spacial score (nSPS) is 12.2. The van der Waals surface area contributed by atoms with E-state index in [-0.39, 0.29) is 0 Å². The largest absolute Gasteiger partial charge is 0.378 e. The summed E-state index contributed by atoms with van der Waals surface area (Å²) in [5.41, 5.74) is 5.17. The fraction of sp³-hybridized carbons (Fsp3) is 0.368. The molecule has 2 rings (SSSR count). The van der Waals surface area contributed by atoms with E-state index < -0.39 is 0 Å². The quantitative estimate of drug-likeness (QED) is 0.650. The topological polar surface area (TPSA) is 12.0 Å². The van der Waals surface area contributed by atoms with Gasteiger partial charge in [-0.15, -0.1) is 0 Å². The zero-order valence-electron chi connectivity index (χ0n) is 13.1. The Kier molecular flexibility index (Phi) is 5.86. The Labute approximate surface area is 136 Å². The van der Waals surface area contributed by atoms with Crippen molar-refractivity contribution in [1.29, 1.82) is 0 Å². The maximum Gasteiger partial charge on any atom is 0.0485 e. The third-order valence-electron chi connectivity index (χ3n) is 3.85. The van der Waals surface area contributed by atoms with E-state index in [4.69, 9.17) is 0 Å². The summed E-state index contributed by atoms with van der Waals surface area (Å²) in [5, 5.41) is 3.56. The average Bonchev–Trinajstić information content (AvgIpc) is 2.49. The number of benzene rings is 2. The molecule has 1 N–H and O–H groups in total. The van der Waals surface area contributed by atoms with Gasteiger partial charge in [-0.2, -0.15) is 0 Å². The van der Waals surface area contributed by atoms with Crippen molar-refractivity contribution in [2.45, 2.75) is 46.1 Å². The van der Waals surface area contributed by atoms with Crippen LogP contribution in [0.1, 0.15) is 49.4 Å². The summed E-state index contributed by atoms with van der Waals surface area (Å²) in [7, 11) is 0. The molecule has 0 amide bonds. The molecule has 0 spiro atoms. The molecule has 1 nitrogen and oxygen atoms in total. The molecule has 0 saturated carbocycles. The van der Waals surface area contributed by atoms with Crippen molar-refractivity contribution < 1.29 is 0 Å². The van der Waals surface area contributed by atoms with Gasteiger partial charge in [0.05, 0.1) is 0 Å². The summed E-state index contributed by atoms with van der Waals surface area (Å²) in [6, 6.07) is 15.7. The molecule has 0 radical (unpaired) electrons. The number of hydrogen-bond donors (Lipinski definition) is 1. The highest BCUT2D eigenvalue weighted by Crippen LogP contribution is 2.24. The third kappa shape index (κ3) is 4.60. The monoisotopic (exact) mass is 345 g/mol. The van der Waals surface area contributed by atoms with Crippen LogP contribution in [0.15, 0.2) is 46.9 Å². The van der Waals surface area contributed by atoms with Crippen molar-refractivity contribution in [3.63, 3.8) is 0 Å². The van der Waals surface area contributed by atoms with Gasteiger partial charge in [-0.25, -0.2) is 0 Å². The number of nitrogens with one attached hydrogen (secondary N) is 1. The maximum absolute atomic E-state index is 3.59. The molecule has 0 saturated heterocycles. The van der Waals surface area contributed by atoms with Gasteiger partial charge in [0.2, 0.25) is 0 Å². The van der Waals surface area contributed by atoms with Crippen LogP contribution >= 0.6 is 15.9 Å². The van der Waals surface area contributed by atoms with Gasteiger partial charge < -0.3 is 5.32 Å². The van der Waals surface area contributed by atoms with Gasteiger partial charge in [0.25, 0.3) is 0 Å². The number of aryl methyl sites for hydroxylation is 2. The molecule has 2 heteroatoms. The Morgan fingerprint density at radius 3 is 2.43 bits per heavy atom. The van der Waals surface area contributed by atoms with Crippen LogP contribution in [-0.2, 0) is 6.42 Å². The van der Waals surface area contributed by atoms with Crippen LogP contribution < -0.4 is 5.32 Å². The van der Waals surface area contributed by atoms with Crippen molar-refractivity contribution in [2.75, 3.05) is 5.32 Å². The average molecular weight is 346 g/mol. The van der Waals surface area contributed by atoms with Gasteiger partial charge in [-0.05, 0) is 55.5 Å². The maximum atomic E-state index is 3.59. The van der Waals surface area contributed by atoms with Crippen molar-refractivity contribution in [2.24, 2.45) is 0 Å². The second-order valence-electron chi connectivity index (χ2n) is 5.68. The summed E-state index contributed by atoms with van der Waals surface area (Å²) < 4.78 is 1.15. The van der Waals surface area contributed by atoms with E-state index >= 15 is 0 Å². The van der Waals surface area contributed by atoms with Crippen LogP contribution in [0.25, 0.3) is 0 Å². The van der Waals surface area contributed by atoms with Gasteiger partial charge >= 0.3 is 0 Å². The van der Waals surface area contributed by atoms with Gasteiger partial charge in [0, 0.05) is 16.2 Å². The van der Waals surface area contributed by atoms with E-state index in [1.165, 1.54) is 36.0 Å². The Balaban J connectivity index is 2.02. The standard InChI is InChI=1S/C19H24BrN/c1-4-5-6-16-8-10-17(11-9-16)15(3)21-18-12-7-14(2)19(20)13-18/h7-13,15,21H,4-6H2,1-3H3. The first kappa shape index (κ1) is 16.1. The Morgan fingerprint density at radius 1 is 1.10 bits per heavy atom. The highest BCUT2D eigenvalue weighted by atomic mass is 79.9. The molecule has 0 bridgehead atoms. The predicted molar refractivity (Wildman–Crippen MR) is 96.0 cm³/mol. The Bertz CT molecular complexity index is 575. The lowest BCUT2D eigenvalue weighted by atomic mass is 10.0. The van der Waals surface area contributed by atoms with Crippen LogP contribution in [-0.4, -0.2) is 0 Å². The van der Waals surface area contributed by atoms with E-state index in [1.54, 1.807) is 0 Å². The molecule has 21 heavy (non-hydrogen) atoms. The molecule has 2 aromatic rings. The van der Waals surface area contributed by atoms with Gasteiger partial charge in [0.1, 0.15) is 0 Å². The van der Waals surface area contributed by atoms with Gasteiger partial charge in [-0.1, -0.05) is 59.6 Å². The number of anilines is 1. The minimum Gasteiger partial charge on any atom is -0.378 e. The van der Waals surface area contributed by atoms with E-state index in [0.717, 1.165) is 10.2 Å². The SMILES string of the molecule is CCCCc1ccc(C(C)Nc2ccc(C)c(Br)c2)cc1. The smallest absolute Gasteiger partial charge is 0.0485 e. The lowest BCUT2D eigenvalue weighted by Crippen LogP contribution is -2.06. The summed E-state index contributed by atoms with van der Waals surface area (Å²) in [4.78, 5) is 0. The summed E-state index contributed by atoms with van der Waals surface area (Å²) in [6.07, 6.45) is 3.70. The second-order valence-corrected chi connectivity index (χ2v) is 6.53. The molecule has 112 valence electrons. The Morgan fingerprint density at radius 2 is 1.81 bits per heavy atom. The minimum absolute atomic E-state index is 0.305. The molecule has 2 aromatic carbocycles. The zero-order valence-corrected chi connectivity index (χ0v) is 14.7. The number of hydrogen-bond acceptors (Lipinski definition) is 1. The zero-order chi connectivity index (χ0) is 15.2. The van der Waals surface area contributed by atoms with Crippen molar-refractivity contribution in [1.82, 2.24) is 0 Å². The molecule has 0 aromatic heterocycles. The minimum atomic E-state index is 0.305. The highest BCUT2D eigenvalue weighted by molar-refractivity contribution is 9.10. The molecular formula is C19H24BrN. The second kappa shape index (κ2) is 7.65. The van der Waals surface area contributed by atoms with Gasteiger partial charge in [-0.3, -0.25) is 0 Å². The van der Waals surface area contributed by atoms with Crippen molar-refractivity contribution in [3.05, 3.63) is 63.6 Å². The highest BCUT2D eigenvalue weighted by Gasteiger charge is 2.06. The number of rotatable bonds is 6. The number of halogens is 1. The molecule has 1 unspecified atom stereocenters. The van der Waals surface area contributed by atoms with Crippen LogP contribution in [0.5, 0.6) is 0 Å². The molecular weight excluding hydrogens is 322 g/mol. The molecule has 0 aliphatic carbocycles. The first-order valence-electron chi connectivity index (χ1n) is 7.71. The Hall–Kier alpha value is -1.28. The van der Waals surface area contributed by atoms with E-state index in [0.29, 0.717) is 6.04 Å². The van der Waals surface area contributed by atoms with Crippen LogP contribution in [0.3, 0.4) is 0 Å². The lowest BCUT2D eigenvalue weighted by Gasteiger charge is -2.17. The van der Waals surface area contributed by atoms with Crippen LogP contribution in [0, 0.1) is 6.92 Å². The molecule has 1 atom stereocenters. The molecule has 0 fully saturated rings. The van der Waals surface area contributed by atoms with E-state index in [1.807, 2.05) is 0 Å². The van der Waals surface area contributed by atoms with Crippen LogP contribution in [0.2, 0.25) is 0 Å². The van der Waals surface area contributed by atoms with Gasteiger partial charge in [0.15, 0.2) is 0 Å². The van der Waals surface area contributed by atoms with Crippen LogP contribution in [0.4, 0.5) is 5.69 Å². The molecule has 0 heterocycles. The third-order valence-corrected chi connectivity index (χ3v) is 4.71. The van der Waals surface area contributed by atoms with Crippen molar-refractivity contribution in [3.8, 4) is 0 Å². The predicted octanol–water partition coefficient (Wildman–Crippen LogP) is 6.27. The van der Waals surface area contributed by atoms with Crippen molar-refractivity contribution >= 4 is 21.6 Å². The first-order valence-corrected chi connectivity index (χ1v) is 8.51. The lowest BCUT2D eigenvalue weighted by molar-refractivity contribution is 0.793. The first-order chi connectivity index (χ1) is 10.1. The number of unbranched alkanes of at least 4 members (excludes halogenated alkanes) is 1. The molecule has 0 aliphatic rings. The summed E-state index contributed by atoms with van der Waals surface area (Å²) >= 11 is 3.59. The van der Waals surface area contributed by atoms with E-state index in [9.17, 15) is 0 Å². The summed E-state index contributed by atoms with van der Waals surface area (Å²) in [6.45, 7) is 6.54. The summed E-state index contributed by atoms with van der Waals surface area (Å²) in [5.74, 6) is 0.